The Labute approximate surface area is 192 Å². The van der Waals surface area contributed by atoms with Gasteiger partial charge in [-0.25, -0.2) is 9.97 Å². The number of pyridine rings is 2. The van der Waals surface area contributed by atoms with Crippen molar-refractivity contribution in [3.8, 4) is 0 Å². The van der Waals surface area contributed by atoms with E-state index in [-0.39, 0.29) is 17.0 Å². The molecule has 1 aromatic carbocycles. The van der Waals surface area contributed by atoms with E-state index in [0.29, 0.717) is 43.9 Å². The lowest BCUT2D eigenvalue weighted by atomic mass is 10.1. The highest BCUT2D eigenvalue weighted by Crippen LogP contribution is 2.18. The zero-order valence-corrected chi connectivity index (χ0v) is 18.3. The van der Waals surface area contributed by atoms with Gasteiger partial charge in [-0.3, -0.25) is 9.59 Å². The molecule has 1 saturated heterocycles. The molecule has 2 amide bonds. The molecule has 8 heteroatoms. The summed E-state index contributed by atoms with van der Waals surface area (Å²) in [4.78, 5) is 37.4. The number of carbonyl (C=O) groups is 2. The number of halogens is 1. The highest BCUT2D eigenvalue weighted by Gasteiger charge is 2.24. The first-order chi connectivity index (χ1) is 15.6. The van der Waals surface area contributed by atoms with Crippen LogP contribution in [0.15, 0.2) is 67.0 Å². The van der Waals surface area contributed by atoms with Crippen molar-refractivity contribution in [1.29, 1.82) is 0 Å². The summed E-state index contributed by atoms with van der Waals surface area (Å²) in [5.74, 6) is 0.541. The summed E-state index contributed by atoms with van der Waals surface area (Å²) in [5, 5.41) is 3.15. The summed E-state index contributed by atoms with van der Waals surface area (Å²) in [7, 11) is 0. The van der Waals surface area contributed by atoms with Crippen LogP contribution in [-0.4, -0.2) is 59.4 Å². The molecule has 7 nitrogen and oxygen atoms in total. The van der Waals surface area contributed by atoms with Gasteiger partial charge < -0.3 is 15.1 Å². The average Bonchev–Trinajstić information content (AvgIpc) is 2.85. The first-order valence-corrected chi connectivity index (χ1v) is 10.9. The number of hydrogen-bond donors (Lipinski definition) is 1. The molecule has 32 heavy (non-hydrogen) atoms. The minimum atomic E-state index is -0.135. The molecule has 0 spiro atoms. The predicted molar refractivity (Wildman–Crippen MR) is 124 cm³/mol. The van der Waals surface area contributed by atoms with Gasteiger partial charge in [0.15, 0.2) is 0 Å². The fourth-order valence-electron chi connectivity index (χ4n) is 3.63. The number of nitrogens with one attached hydrogen (secondary N) is 1. The maximum Gasteiger partial charge on any atom is 0.257 e. The number of anilines is 1. The van der Waals surface area contributed by atoms with E-state index in [0.717, 1.165) is 12.2 Å². The topological polar surface area (TPSA) is 78.4 Å². The van der Waals surface area contributed by atoms with Crippen LogP contribution >= 0.6 is 11.6 Å². The van der Waals surface area contributed by atoms with Crippen molar-refractivity contribution in [2.75, 3.05) is 37.6 Å². The largest absolute Gasteiger partial charge is 0.353 e. The molecule has 4 rings (SSSR count). The van der Waals surface area contributed by atoms with Gasteiger partial charge in [-0.05, 0) is 36.2 Å². The van der Waals surface area contributed by atoms with Crippen LogP contribution < -0.4 is 10.2 Å². The van der Waals surface area contributed by atoms with E-state index in [9.17, 15) is 9.59 Å². The quantitative estimate of drug-likeness (QED) is 0.585. The maximum atomic E-state index is 12.7. The van der Waals surface area contributed by atoms with Crippen molar-refractivity contribution < 1.29 is 9.59 Å². The zero-order chi connectivity index (χ0) is 22.3. The third-order valence-electron chi connectivity index (χ3n) is 5.43. The molecule has 2 aromatic heterocycles. The van der Waals surface area contributed by atoms with Crippen LogP contribution in [0.5, 0.6) is 0 Å². The molecule has 1 aliphatic rings. The zero-order valence-electron chi connectivity index (χ0n) is 17.6. The molecule has 3 aromatic rings. The molecule has 0 atom stereocenters. The summed E-state index contributed by atoms with van der Waals surface area (Å²) in [5.41, 5.74) is 2.13. The second-order valence-electron chi connectivity index (χ2n) is 7.52. The van der Waals surface area contributed by atoms with E-state index >= 15 is 0 Å². The van der Waals surface area contributed by atoms with Crippen molar-refractivity contribution in [2.45, 2.75) is 6.42 Å². The highest BCUT2D eigenvalue weighted by atomic mass is 35.5. The van der Waals surface area contributed by atoms with Crippen LogP contribution in [0, 0.1) is 0 Å². The summed E-state index contributed by atoms with van der Waals surface area (Å²) in [6.45, 7) is 3.00. The van der Waals surface area contributed by atoms with Gasteiger partial charge in [0.1, 0.15) is 11.0 Å². The number of aromatic nitrogens is 2. The molecule has 0 unspecified atom stereocenters. The normalized spacial score (nSPS) is 13.7. The Morgan fingerprint density at radius 1 is 0.938 bits per heavy atom. The molecular formula is C24H24ClN5O2. The van der Waals surface area contributed by atoms with Gasteiger partial charge in [0.25, 0.3) is 11.8 Å². The molecule has 1 aliphatic heterocycles. The van der Waals surface area contributed by atoms with Gasteiger partial charge >= 0.3 is 0 Å². The summed E-state index contributed by atoms with van der Waals surface area (Å²) < 4.78 is 0. The molecule has 0 saturated carbocycles. The third kappa shape index (κ3) is 5.23. The van der Waals surface area contributed by atoms with Gasteiger partial charge in [-0.15, -0.1) is 0 Å². The van der Waals surface area contributed by atoms with Crippen LogP contribution in [0.4, 0.5) is 5.82 Å². The minimum absolute atomic E-state index is 0.113. The van der Waals surface area contributed by atoms with Crippen LogP contribution in [0.3, 0.4) is 0 Å². The third-order valence-corrected chi connectivity index (χ3v) is 5.73. The predicted octanol–water partition coefficient (Wildman–Crippen LogP) is 3.06. The maximum absolute atomic E-state index is 12.7. The van der Waals surface area contributed by atoms with E-state index in [1.54, 1.807) is 35.5 Å². The Morgan fingerprint density at radius 3 is 2.41 bits per heavy atom. The van der Waals surface area contributed by atoms with Crippen LogP contribution in [-0.2, 0) is 6.42 Å². The number of rotatable bonds is 6. The van der Waals surface area contributed by atoms with Crippen molar-refractivity contribution in [1.82, 2.24) is 20.2 Å². The number of benzene rings is 1. The monoisotopic (exact) mass is 449 g/mol. The van der Waals surface area contributed by atoms with Crippen molar-refractivity contribution >= 4 is 29.2 Å². The molecule has 0 bridgehead atoms. The van der Waals surface area contributed by atoms with Crippen LogP contribution in [0.25, 0.3) is 0 Å². The molecule has 1 fully saturated rings. The van der Waals surface area contributed by atoms with Gasteiger partial charge in [0.2, 0.25) is 0 Å². The Bertz CT molecular complexity index is 1070. The highest BCUT2D eigenvalue weighted by molar-refractivity contribution is 6.32. The fourth-order valence-corrected chi connectivity index (χ4v) is 3.83. The van der Waals surface area contributed by atoms with Crippen molar-refractivity contribution in [2.24, 2.45) is 0 Å². The summed E-state index contributed by atoms with van der Waals surface area (Å²) >= 11 is 6.05. The number of piperazine rings is 1. The van der Waals surface area contributed by atoms with E-state index in [4.69, 9.17) is 11.6 Å². The van der Waals surface area contributed by atoms with Crippen LogP contribution in [0.2, 0.25) is 5.15 Å². The van der Waals surface area contributed by atoms with Gasteiger partial charge in [0, 0.05) is 45.1 Å². The first-order valence-electron chi connectivity index (χ1n) is 10.5. The number of amides is 2. The van der Waals surface area contributed by atoms with E-state index in [1.807, 2.05) is 36.4 Å². The van der Waals surface area contributed by atoms with Crippen molar-refractivity contribution in [3.05, 3.63) is 88.8 Å². The standard InChI is InChI=1S/C24H24ClN5O2/c25-22-20(7-4-11-26-22)24(32)30-15-13-29(14-16-30)21-9-8-19(17-28-21)23(31)27-12-10-18-5-2-1-3-6-18/h1-9,11,17H,10,12-16H2,(H,27,31). The number of nitrogens with zero attached hydrogens (tertiary/aromatic N) is 4. The van der Waals surface area contributed by atoms with Gasteiger partial charge in [-0.2, -0.15) is 0 Å². The van der Waals surface area contributed by atoms with Crippen LogP contribution in [0.1, 0.15) is 26.3 Å². The molecule has 1 N–H and O–H groups in total. The van der Waals surface area contributed by atoms with Gasteiger partial charge in [-0.1, -0.05) is 41.9 Å². The molecular weight excluding hydrogens is 426 g/mol. The molecule has 0 radical (unpaired) electrons. The van der Waals surface area contributed by atoms with E-state index in [1.165, 1.54) is 5.56 Å². The smallest absolute Gasteiger partial charge is 0.257 e. The van der Waals surface area contributed by atoms with Gasteiger partial charge in [0.05, 0.1) is 11.1 Å². The lowest BCUT2D eigenvalue weighted by Crippen LogP contribution is -2.49. The van der Waals surface area contributed by atoms with E-state index < -0.39 is 0 Å². The Kier molecular flexibility index (Phi) is 6.97. The Morgan fingerprint density at radius 2 is 1.72 bits per heavy atom. The Balaban J connectivity index is 1.28. The minimum Gasteiger partial charge on any atom is -0.353 e. The molecule has 0 aliphatic carbocycles. The lowest BCUT2D eigenvalue weighted by Gasteiger charge is -2.35. The van der Waals surface area contributed by atoms with Crippen molar-refractivity contribution in [3.63, 3.8) is 0 Å². The number of carbonyl (C=O) groups excluding carboxylic acids is 2. The average molecular weight is 450 g/mol. The summed E-state index contributed by atoms with van der Waals surface area (Å²) in [6.07, 6.45) is 3.95. The molecule has 3 heterocycles. The fraction of sp³-hybridized carbons (Fsp3) is 0.250. The van der Waals surface area contributed by atoms with E-state index in [2.05, 4.69) is 20.2 Å². The second-order valence-corrected chi connectivity index (χ2v) is 7.88. The first kappa shape index (κ1) is 21.8. The Hall–Kier alpha value is -3.45. The lowest BCUT2D eigenvalue weighted by molar-refractivity contribution is 0.0746. The second kappa shape index (κ2) is 10.2. The number of hydrogen-bond acceptors (Lipinski definition) is 5. The summed E-state index contributed by atoms with van der Waals surface area (Å²) in [6, 6.07) is 17.1. The SMILES string of the molecule is O=C(NCCc1ccccc1)c1ccc(N2CCN(C(=O)c3cccnc3Cl)CC2)nc1. The molecule has 164 valence electrons.